The summed E-state index contributed by atoms with van der Waals surface area (Å²) in [5.74, 6) is 1.16. The normalized spacial score (nSPS) is 17.8. The number of nitrogens with one attached hydrogen (secondary N) is 1. The molecule has 1 amide bonds. The Morgan fingerprint density at radius 2 is 1.83 bits per heavy atom. The van der Waals surface area contributed by atoms with Crippen LogP contribution in [-0.4, -0.2) is 15.5 Å². The highest BCUT2D eigenvalue weighted by atomic mass is 32.2. The van der Waals surface area contributed by atoms with E-state index in [0.29, 0.717) is 40.5 Å². The van der Waals surface area contributed by atoms with Crippen LogP contribution in [0.5, 0.6) is 0 Å². The van der Waals surface area contributed by atoms with Crippen molar-refractivity contribution in [3.63, 3.8) is 0 Å². The van der Waals surface area contributed by atoms with Crippen molar-refractivity contribution in [3.8, 4) is 0 Å². The van der Waals surface area contributed by atoms with Gasteiger partial charge in [-0.05, 0) is 67.5 Å². The molecule has 1 fully saturated rings. The summed E-state index contributed by atoms with van der Waals surface area (Å²) in [5.41, 5.74) is 1.15. The molecule has 0 spiro atoms. The Morgan fingerprint density at radius 3 is 2.61 bits per heavy atom. The van der Waals surface area contributed by atoms with E-state index in [1.165, 1.54) is 17.8 Å². The molecule has 36 heavy (non-hydrogen) atoms. The van der Waals surface area contributed by atoms with Gasteiger partial charge in [0.25, 0.3) is 5.56 Å². The van der Waals surface area contributed by atoms with Gasteiger partial charge in [-0.15, -0.1) is 0 Å². The van der Waals surface area contributed by atoms with E-state index in [-0.39, 0.29) is 29.1 Å². The number of benzene rings is 2. The summed E-state index contributed by atoms with van der Waals surface area (Å²) in [7, 11) is 0. The number of rotatable bonds is 8. The van der Waals surface area contributed by atoms with Gasteiger partial charge in [-0.2, -0.15) is 0 Å². The zero-order valence-corrected chi connectivity index (χ0v) is 20.7. The van der Waals surface area contributed by atoms with Gasteiger partial charge in [-0.1, -0.05) is 42.1 Å². The standard InChI is InChI=1S/C28H28FN3O3S/c29-24-9-3-1-6-21(24)18-36-28-31-25-10-4-2-8-23(25)27(34)32(28)17-19-11-13-20(14-12-19)26(33)30-16-22-7-5-15-35-22/h1-10,15,19-20H,11-14,16-18H2,(H,30,33). The molecule has 1 aliphatic carbocycles. The fraction of sp³-hybridized carbons (Fsp3) is 0.321. The third-order valence-corrected chi connectivity index (χ3v) is 7.84. The van der Waals surface area contributed by atoms with Gasteiger partial charge in [-0.25, -0.2) is 9.37 Å². The Balaban J connectivity index is 1.28. The monoisotopic (exact) mass is 505 g/mol. The molecule has 1 aliphatic rings. The van der Waals surface area contributed by atoms with E-state index in [4.69, 9.17) is 9.40 Å². The van der Waals surface area contributed by atoms with Gasteiger partial charge in [0, 0.05) is 18.2 Å². The van der Waals surface area contributed by atoms with E-state index in [1.54, 1.807) is 35.1 Å². The Labute approximate surface area is 212 Å². The van der Waals surface area contributed by atoms with Crippen LogP contribution in [0.2, 0.25) is 0 Å². The summed E-state index contributed by atoms with van der Waals surface area (Å²) in [5, 5.41) is 4.14. The number of fused-ring (bicyclic) bond motifs is 1. The van der Waals surface area contributed by atoms with Crippen LogP contribution in [0.15, 0.2) is 81.3 Å². The largest absolute Gasteiger partial charge is 0.467 e. The van der Waals surface area contributed by atoms with Gasteiger partial charge in [0.15, 0.2) is 5.16 Å². The summed E-state index contributed by atoms with van der Waals surface area (Å²) in [6, 6.07) is 17.7. The SMILES string of the molecule is O=C(NCc1ccco1)C1CCC(Cn2c(SCc3ccccc3F)nc3ccccc3c2=O)CC1. The molecule has 186 valence electrons. The molecule has 2 aromatic carbocycles. The summed E-state index contributed by atoms with van der Waals surface area (Å²) in [4.78, 5) is 30.8. The molecular weight excluding hydrogens is 477 g/mol. The molecule has 5 rings (SSSR count). The average Bonchev–Trinajstić information content (AvgIpc) is 3.43. The lowest BCUT2D eigenvalue weighted by Crippen LogP contribution is -2.34. The van der Waals surface area contributed by atoms with Crippen LogP contribution in [0.3, 0.4) is 0 Å². The minimum atomic E-state index is -0.261. The average molecular weight is 506 g/mol. The first-order valence-corrected chi connectivity index (χ1v) is 13.2. The molecule has 8 heteroatoms. The Bertz CT molecular complexity index is 1390. The van der Waals surface area contributed by atoms with Crippen molar-refractivity contribution in [2.24, 2.45) is 11.8 Å². The molecule has 0 aliphatic heterocycles. The number of aromatic nitrogens is 2. The fourth-order valence-electron chi connectivity index (χ4n) is 4.77. The van der Waals surface area contributed by atoms with E-state index in [2.05, 4.69) is 5.32 Å². The Morgan fingerprint density at radius 1 is 1.06 bits per heavy atom. The van der Waals surface area contributed by atoms with Crippen LogP contribution >= 0.6 is 11.8 Å². The number of amides is 1. The predicted molar refractivity (Wildman–Crippen MR) is 138 cm³/mol. The molecule has 0 atom stereocenters. The van der Waals surface area contributed by atoms with Crippen LogP contribution in [-0.2, 0) is 23.6 Å². The first kappa shape index (κ1) is 24.3. The van der Waals surface area contributed by atoms with Gasteiger partial charge < -0.3 is 9.73 Å². The third-order valence-electron chi connectivity index (χ3n) is 6.82. The van der Waals surface area contributed by atoms with Crippen LogP contribution in [0.4, 0.5) is 4.39 Å². The highest BCUT2D eigenvalue weighted by Gasteiger charge is 2.27. The maximum absolute atomic E-state index is 14.2. The van der Waals surface area contributed by atoms with Gasteiger partial charge in [0.1, 0.15) is 11.6 Å². The molecule has 0 unspecified atom stereocenters. The zero-order chi connectivity index (χ0) is 24.9. The summed E-state index contributed by atoms with van der Waals surface area (Å²) >= 11 is 1.38. The number of hydrogen-bond acceptors (Lipinski definition) is 5. The second kappa shape index (κ2) is 11.1. The van der Waals surface area contributed by atoms with Crippen LogP contribution in [0, 0.1) is 17.7 Å². The van der Waals surface area contributed by atoms with Crippen LogP contribution < -0.4 is 10.9 Å². The second-order valence-corrected chi connectivity index (χ2v) is 10.2. The van der Waals surface area contributed by atoms with Crippen LogP contribution in [0.25, 0.3) is 10.9 Å². The highest BCUT2D eigenvalue weighted by molar-refractivity contribution is 7.98. The first-order chi connectivity index (χ1) is 17.6. The van der Waals surface area contributed by atoms with Gasteiger partial charge in [0.05, 0.1) is 23.7 Å². The third kappa shape index (κ3) is 5.54. The molecule has 0 saturated heterocycles. The molecule has 0 bridgehead atoms. The zero-order valence-electron chi connectivity index (χ0n) is 19.9. The van der Waals surface area contributed by atoms with Crippen molar-refractivity contribution in [3.05, 3.63) is 94.4 Å². The van der Waals surface area contributed by atoms with Crippen molar-refractivity contribution in [2.75, 3.05) is 0 Å². The Kier molecular flexibility index (Phi) is 7.51. The maximum atomic E-state index is 14.2. The molecule has 1 saturated carbocycles. The predicted octanol–water partition coefficient (Wildman–Crippen LogP) is 5.54. The number of hydrogen-bond donors (Lipinski definition) is 1. The lowest BCUT2D eigenvalue weighted by Gasteiger charge is -2.28. The number of furan rings is 1. The van der Waals surface area contributed by atoms with Crippen molar-refractivity contribution in [1.29, 1.82) is 0 Å². The van der Waals surface area contributed by atoms with Crippen molar-refractivity contribution < 1.29 is 13.6 Å². The molecule has 2 heterocycles. The second-order valence-electron chi connectivity index (χ2n) is 9.22. The lowest BCUT2D eigenvalue weighted by atomic mass is 9.81. The van der Waals surface area contributed by atoms with Gasteiger partial charge in [0.2, 0.25) is 5.91 Å². The van der Waals surface area contributed by atoms with E-state index in [9.17, 15) is 14.0 Å². The summed E-state index contributed by atoms with van der Waals surface area (Å²) in [6.45, 7) is 0.934. The minimum absolute atomic E-state index is 0.0300. The van der Waals surface area contributed by atoms with E-state index < -0.39 is 0 Å². The molecule has 1 N–H and O–H groups in total. The molecule has 2 aromatic heterocycles. The quantitative estimate of drug-likeness (QED) is 0.251. The number of thioether (sulfide) groups is 1. The number of carbonyl (C=O) groups is 1. The van der Waals surface area contributed by atoms with Gasteiger partial charge in [-0.3, -0.25) is 14.2 Å². The minimum Gasteiger partial charge on any atom is -0.467 e. The van der Waals surface area contributed by atoms with E-state index in [0.717, 1.165) is 31.4 Å². The number of para-hydroxylation sites is 1. The molecule has 4 aromatic rings. The number of nitrogens with zero attached hydrogens (tertiary/aromatic N) is 2. The van der Waals surface area contributed by atoms with Crippen LogP contribution in [0.1, 0.15) is 37.0 Å². The van der Waals surface area contributed by atoms with Gasteiger partial charge >= 0.3 is 0 Å². The van der Waals surface area contributed by atoms with Crippen molar-refractivity contribution in [1.82, 2.24) is 14.9 Å². The smallest absolute Gasteiger partial charge is 0.262 e. The van der Waals surface area contributed by atoms with Crippen molar-refractivity contribution in [2.45, 2.75) is 49.7 Å². The van der Waals surface area contributed by atoms with E-state index >= 15 is 0 Å². The summed E-state index contributed by atoms with van der Waals surface area (Å²) < 4.78 is 21.2. The maximum Gasteiger partial charge on any atom is 0.262 e. The first-order valence-electron chi connectivity index (χ1n) is 12.2. The molecule has 0 radical (unpaired) electrons. The topological polar surface area (TPSA) is 77.1 Å². The lowest BCUT2D eigenvalue weighted by molar-refractivity contribution is -0.126. The summed E-state index contributed by atoms with van der Waals surface area (Å²) in [6.07, 6.45) is 4.87. The Hall–Kier alpha value is -3.39. The molecular formula is C28H28FN3O3S. The fourth-order valence-corrected chi connectivity index (χ4v) is 5.77. The molecule has 6 nitrogen and oxygen atoms in total. The van der Waals surface area contributed by atoms with Crippen molar-refractivity contribution >= 4 is 28.6 Å². The number of carbonyl (C=O) groups excluding carboxylic acids is 1. The van der Waals surface area contributed by atoms with E-state index in [1.807, 2.05) is 30.3 Å². The number of halogens is 1. The highest BCUT2D eigenvalue weighted by Crippen LogP contribution is 2.31.